The molecule has 0 fully saturated rings. The quantitative estimate of drug-likeness (QED) is 0.888. The molecule has 0 saturated heterocycles. The standard InChI is InChI=1S/C17H16N2/c18-11-15(19)10-12-5-8-17-14(9-12)7-6-13-3-1-2-4-16(13)17/h1-5,8-9,15H,6-7,10,19H2. The molecule has 0 amide bonds. The van der Waals surface area contributed by atoms with Crippen molar-refractivity contribution in [1.82, 2.24) is 0 Å². The molecule has 2 aromatic carbocycles. The van der Waals surface area contributed by atoms with Crippen molar-refractivity contribution in [2.75, 3.05) is 0 Å². The summed E-state index contributed by atoms with van der Waals surface area (Å²) in [5, 5.41) is 8.79. The van der Waals surface area contributed by atoms with E-state index in [2.05, 4.69) is 48.5 Å². The van der Waals surface area contributed by atoms with Crippen LogP contribution in [0.15, 0.2) is 42.5 Å². The van der Waals surface area contributed by atoms with Gasteiger partial charge in [-0.3, -0.25) is 0 Å². The van der Waals surface area contributed by atoms with Crippen LogP contribution in [0.5, 0.6) is 0 Å². The number of hydrogen-bond donors (Lipinski definition) is 1. The van der Waals surface area contributed by atoms with Crippen LogP contribution in [0.4, 0.5) is 0 Å². The lowest BCUT2D eigenvalue weighted by molar-refractivity contribution is 0.819. The minimum atomic E-state index is -0.408. The predicted octanol–water partition coefficient (Wildman–Crippen LogP) is 2.85. The first-order chi connectivity index (χ1) is 9.28. The third-order valence-corrected chi connectivity index (χ3v) is 3.76. The fraction of sp³-hybridized carbons (Fsp3) is 0.235. The number of rotatable bonds is 2. The Kier molecular flexibility index (Phi) is 3.06. The number of fused-ring (bicyclic) bond motifs is 3. The van der Waals surface area contributed by atoms with Crippen molar-refractivity contribution in [1.29, 1.82) is 5.26 Å². The lowest BCUT2D eigenvalue weighted by atomic mass is 9.84. The molecule has 2 heteroatoms. The summed E-state index contributed by atoms with van der Waals surface area (Å²) in [6.45, 7) is 0. The summed E-state index contributed by atoms with van der Waals surface area (Å²) in [6.07, 6.45) is 2.80. The van der Waals surface area contributed by atoms with Gasteiger partial charge in [-0.1, -0.05) is 42.5 Å². The van der Waals surface area contributed by atoms with Gasteiger partial charge in [-0.25, -0.2) is 0 Å². The second-order valence-electron chi connectivity index (χ2n) is 5.09. The van der Waals surface area contributed by atoms with Crippen LogP contribution in [0.1, 0.15) is 16.7 Å². The number of nitrogens with two attached hydrogens (primary N) is 1. The Morgan fingerprint density at radius 3 is 2.63 bits per heavy atom. The average Bonchev–Trinajstić information content (AvgIpc) is 2.46. The van der Waals surface area contributed by atoms with E-state index in [0.717, 1.165) is 18.4 Å². The molecule has 0 saturated carbocycles. The Balaban J connectivity index is 1.99. The summed E-state index contributed by atoms with van der Waals surface area (Å²) in [6, 6.07) is 16.7. The van der Waals surface area contributed by atoms with E-state index in [1.54, 1.807) is 0 Å². The summed E-state index contributed by atoms with van der Waals surface area (Å²) in [4.78, 5) is 0. The van der Waals surface area contributed by atoms with Gasteiger partial charge in [-0.05, 0) is 40.7 Å². The number of benzene rings is 2. The van der Waals surface area contributed by atoms with Crippen molar-refractivity contribution in [3.8, 4) is 17.2 Å². The molecular formula is C17H16N2. The van der Waals surface area contributed by atoms with Gasteiger partial charge in [-0.2, -0.15) is 5.26 Å². The third-order valence-electron chi connectivity index (χ3n) is 3.76. The summed E-state index contributed by atoms with van der Waals surface area (Å²) in [5.41, 5.74) is 12.3. The molecule has 3 rings (SSSR count). The molecule has 0 heterocycles. The van der Waals surface area contributed by atoms with Gasteiger partial charge in [0.15, 0.2) is 0 Å². The van der Waals surface area contributed by atoms with Crippen LogP contribution in [-0.2, 0) is 19.3 Å². The van der Waals surface area contributed by atoms with E-state index in [-0.39, 0.29) is 0 Å². The lowest BCUT2D eigenvalue weighted by Gasteiger charge is -2.20. The van der Waals surface area contributed by atoms with Gasteiger partial charge in [0.05, 0.1) is 12.1 Å². The smallest absolute Gasteiger partial charge is 0.0968 e. The van der Waals surface area contributed by atoms with Gasteiger partial charge in [0.1, 0.15) is 0 Å². The Hall–Kier alpha value is -2.11. The number of nitriles is 1. The topological polar surface area (TPSA) is 49.8 Å². The average molecular weight is 248 g/mol. The van der Waals surface area contributed by atoms with Crippen LogP contribution in [-0.4, -0.2) is 6.04 Å². The highest BCUT2D eigenvalue weighted by Gasteiger charge is 2.16. The van der Waals surface area contributed by atoms with Crippen LogP contribution in [0.3, 0.4) is 0 Å². The number of nitrogens with zero attached hydrogens (tertiary/aromatic N) is 1. The Morgan fingerprint density at radius 1 is 1.05 bits per heavy atom. The van der Waals surface area contributed by atoms with E-state index in [1.165, 1.54) is 22.3 Å². The first kappa shape index (κ1) is 12.0. The summed E-state index contributed by atoms with van der Waals surface area (Å²) >= 11 is 0. The predicted molar refractivity (Wildman–Crippen MR) is 76.6 cm³/mol. The van der Waals surface area contributed by atoms with Crippen molar-refractivity contribution in [3.05, 3.63) is 59.2 Å². The molecule has 0 radical (unpaired) electrons. The molecule has 0 aliphatic heterocycles. The van der Waals surface area contributed by atoms with Crippen molar-refractivity contribution in [2.45, 2.75) is 25.3 Å². The molecule has 1 aliphatic carbocycles. The number of hydrogen-bond acceptors (Lipinski definition) is 2. The summed E-state index contributed by atoms with van der Waals surface area (Å²) in [7, 11) is 0. The first-order valence-corrected chi connectivity index (χ1v) is 6.63. The van der Waals surface area contributed by atoms with Gasteiger partial charge < -0.3 is 5.73 Å². The van der Waals surface area contributed by atoms with Crippen LogP contribution in [0.25, 0.3) is 11.1 Å². The van der Waals surface area contributed by atoms with Crippen molar-refractivity contribution < 1.29 is 0 Å². The minimum Gasteiger partial charge on any atom is -0.316 e. The normalized spacial score (nSPS) is 14.1. The largest absolute Gasteiger partial charge is 0.316 e. The summed E-state index contributed by atoms with van der Waals surface area (Å²) in [5.74, 6) is 0. The molecular weight excluding hydrogens is 232 g/mol. The lowest BCUT2D eigenvalue weighted by Crippen LogP contribution is -2.20. The molecule has 0 bridgehead atoms. The van der Waals surface area contributed by atoms with E-state index in [4.69, 9.17) is 11.0 Å². The third kappa shape index (κ3) is 2.25. The molecule has 19 heavy (non-hydrogen) atoms. The molecule has 2 aromatic rings. The zero-order valence-electron chi connectivity index (χ0n) is 10.8. The maximum atomic E-state index is 8.79. The molecule has 1 atom stereocenters. The molecule has 2 N–H and O–H groups in total. The molecule has 0 spiro atoms. The molecule has 1 unspecified atom stereocenters. The molecule has 1 aliphatic rings. The second-order valence-corrected chi connectivity index (χ2v) is 5.09. The zero-order valence-corrected chi connectivity index (χ0v) is 10.8. The Morgan fingerprint density at radius 2 is 1.79 bits per heavy atom. The van der Waals surface area contributed by atoms with Gasteiger partial charge >= 0.3 is 0 Å². The van der Waals surface area contributed by atoms with E-state index in [0.29, 0.717) is 6.42 Å². The Labute approximate surface area is 113 Å². The summed E-state index contributed by atoms with van der Waals surface area (Å²) < 4.78 is 0. The van der Waals surface area contributed by atoms with E-state index >= 15 is 0 Å². The van der Waals surface area contributed by atoms with Crippen LogP contribution in [0, 0.1) is 11.3 Å². The maximum absolute atomic E-state index is 8.79. The SMILES string of the molecule is N#CC(N)Cc1ccc2c(c1)CCc1ccccc1-2. The monoisotopic (exact) mass is 248 g/mol. The fourth-order valence-electron chi connectivity index (χ4n) is 2.81. The zero-order chi connectivity index (χ0) is 13.2. The highest BCUT2D eigenvalue weighted by molar-refractivity contribution is 5.73. The molecule has 0 aromatic heterocycles. The minimum absolute atomic E-state index is 0.408. The van der Waals surface area contributed by atoms with Crippen LogP contribution in [0.2, 0.25) is 0 Å². The van der Waals surface area contributed by atoms with Crippen molar-refractivity contribution in [3.63, 3.8) is 0 Å². The molecule has 94 valence electrons. The van der Waals surface area contributed by atoms with Gasteiger partial charge in [0.2, 0.25) is 0 Å². The van der Waals surface area contributed by atoms with Gasteiger partial charge in [0.25, 0.3) is 0 Å². The van der Waals surface area contributed by atoms with Crippen molar-refractivity contribution in [2.24, 2.45) is 5.73 Å². The number of aryl methyl sites for hydroxylation is 2. The second kappa shape index (κ2) is 4.87. The maximum Gasteiger partial charge on any atom is 0.0968 e. The van der Waals surface area contributed by atoms with E-state index in [9.17, 15) is 0 Å². The highest BCUT2D eigenvalue weighted by atomic mass is 14.6. The van der Waals surface area contributed by atoms with Gasteiger partial charge in [-0.15, -0.1) is 0 Å². The molecule has 2 nitrogen and oxygen atoms in total. The fourth-order valence-corrected chi connectivity index (χ4v) is 2.81. The van der Waals surface area contributed by atoms with E-state index in [1.807, 2.05) is 0 Å². The van der Waals surface area contributed by atoms with E-state index < -0.39 is 6.04 Å². The van der Waals surface area contributed by atoms with Crippen LogP contribution >= 0.6 is 0 Å². The Bertz CT molecular complexity index is 653. The highest BCUT2D eigenvalue weighted by Crippen LogP contribution is 2.33. The van der Waals surface area contributed by atoms with Crippen LogP contribution < -0.4 is 5.73 Å². The van der Waals surface area contributed by atoms with Gasteiger partial charge in [0, 0.05) is 6.42 Å². The van der Waals surface area contributed by atoms with Crippen molar-refractivity contribution >= 4 is 0 Å². The first-order valence-electron chi connectivity index (χ1n) is 6.63.